The molecule has 4 rings (SSSR count). The maximum atomic E-state index is 13.3. The highest BCUT2D eigenvalue weighted by atomic mass is 16.5. The van der Waals surface area contributed by atoms with Gasteiger partial charge in [-0.05, 0) is 62.8 Å². The second-order valence-corrected chi connectivity index (χ2v) is 11.2. The lowest BCUT2D eigenvalue weighted by Crippen LogP contribution is -2.44. The van der Waals surface area contributed by atoms with Gasteiger partial charge >= 0.3 is 0 Å². The minimum absolute atomic E-state index is 0.0475. The van der Waals surface area contributed by atoms with Crippen molar-refractivity contribution in [3.05, 3.63) is 58.7 Å². The third kappa shape index (κ3) is 8.47. The Hall–Kier alpha value is -4.12. The van der Waals surface area contributed by atoms with Crippen molar-refractivity contribution in [1.82, 2.24) is 21.3 Å². The molecule has 2 fully saturated rings. The van der Waals surface area contributed by atoms with Gasteiger partial charge < -0.3 is 36.5 Å². The summed E-state index contributed by atoms with van der Waals surface area (Å²) < 4.78 is 10.8. The predicted molar refractivity (Wildman–Crippen MR) is 163 cm³/mol. The summed E-state index contributed by atoms with van der Waals surface area (Å²) in [4.78, 5) is 51.7. The molecule has 43 heavy (non-hydrogen) atoms. The SMILES string of the molecule is COc1cc(OC)c(C(=O)NC2CCC(NC(=O)c3cccc(C(=O)NC4CCCCC4)c3)CC2)cc1C(=O)NCCN. The van der Waals surface area contributed by atoms with Crippen molar-refractivity contribution in [2.75, 3.05) is 27.3 Å². The van der Waals surface area contributed by atoms with Crippen molar-refractivity contribution in [2.45, 2.75) is 75.9 Å². The molecule has 0 spiro atoms. The van der Waals surface area contributed by atoms with Crippen LogP contribution in [0.1, 0.15) is 99.2 Å². The van der Waals surface area contributed by atoms with Gasteiger partial charge in [-0.25, -0.2) is 0 Å². The minimum Gasteiger partial charge on any atom is -0.496 e. The molecule has 4 amide bonds. The number of rotatable bonds is 11. The lowest BCUT2D eigenvalue weighted by Gasteiger charge is -2.30. The number of nitrogens with one attached hydrogen (secondary N) is 4. The second-order valence-electron chi connectivity index (χ2n) is 11.2. The molecule has 0 heterocycles. The summed E-state index contributed by atoms with van der Waals surface area (Å²) in [6.45, 7) is 0.571. The largest absolute Gasteiger partial charge is 0.496 e. The van der Waals surface area contributed by atoms with Crippen LogP contribution in [0.25, 0.3) is 0 Å². The molecule has 6 N–H and O–H groups in total. The molecule has 2 aromatic carbocycles. The zero-order valence-corrected chi connectivity index (χ0v) is 25.0. The molecule has 0 aromatic heterocycles. The zero-order valence-electron chi connectivity index (χ0n) is 25.0. The van der Waals surface area contributed by atoms with Gasteiger partial charge in [0.1, 0.15) is 11.5 Å². The number of hydrogen-bond acceptors (Lipinski definition) is 7. The molecule has 2 aliphatic carbocycles. The highest BCUT2D eigenvalue weighted by molar-refractivity contribution is 6.03. The first-order valence-electron chi connectivity index (χ1n) is 15.1. The third-order valence-electron chi connectivity index (χ3n) is 8.17. The van der Waals surface area contributed by atoms with Gasteiger partial charge in [0.15, 0.2) is 0 Å². The van der Waals surface area contributed by atoms with Gasteiger partial charge in [0.05, 0.1) is 25.3 Å². The minimum atomic E-state index is -0.398. The Morgan fingerprint density at radius 2 is 1.16 bits per heavy atom. The van der Waals surface area contributed by atoms with Gasteiger partial charge in [-0.2, -0.15) is 0 Å². The van der Waals surface area contributed by atoms with Crippen molar-refractivity contribution in [3.63, 3.8) is 0 Å². The van der Waals surface area contributed by atoms with Gasteiger partial charge in [-0.15, -0.1) is 0 Å². The number of benzene rings is 2. The highest BCUT2D eigenvalue weighted by Gasteiger charge is 2.27. The summed E-state index contributed by atoms with van der Waals surface area (Å²) in [5, 5.41) is 11.9. The van der Waals surface area contributed by atoms with Crippen molar-refractivity contribution in [1.29, 1.82) is 0 Å². The van der Waals surface area contributed by atoms with Crippen LogP contribution in [0, 0.1) is 0 Å². The summed E-state index contributed by atoms with van der Waals surface area (Å²) >= 11 is 0. The van der Waals surface area contributed by atoms with Crippen molar-refractivity contribution in [2.24, 2.45) is 5.73 Å². The van der Waals surface area contributed by atoms with Crippen LogP contribution in [0.15, 0.2) is 36.4 Å². The Morgan fingerprint density at radius 3 is 1.67 bits per heavy atom. The molecule has 0 saturated heterocycles. The zero-order chi connectivity index (χ0) is 30.8. The number of ether oxygens (including phenoxy) is 2. The first-order valence-corrected chi connectivity index (χ1v) is 15.1. The molecule has 2 aromatic rings. The molecule has 0 bridgehead atoms. The fraction of sp³-hybridized carbons (Fsp3) is 0.500. The van der Waals surface area contributed by atoms with E-state index in [1.807, 2.05) is 0 Å². The molecule has 2 aliphatic rings. The molecule has 232 valence electrons. The van der Waals surface area contributed by atoms with Gasteiger partial charge in [-0.1, -0.05) is 25.3 Å². The Kier molecular flexibility index (Phi) is 11.4. The number of carbonyl (C=O) groups is 4. The van der Waals surface area contributed by atoms with E-state index in [1.54, 1.807) is 24.3 Å². The first kappa shape index (κ1) is 31.8. The number of hydrogen-bond donors (Lipinski definition) is 5. The Bertz CT molecular complexity index is 1300. The van der Waals surface area contributed by atoms with Crippen LogP contribution in [-0.4, -0.2) is 69.1 Å². The first-order chi connectivity index (χ1) is 20.8. The van der Waals surface area contributed by atoms with E-state index in [0.717, 1.165) is 25.7 Å². The van der Waals surface area contributed by atoms with E-state index in [0.29, 0.717) is 42.6 Å². The Morgan fingerprint density at radius 1 is 0.674 bits per heavy atom. The van der Waals surface area contributed by atoms with E-state index in [-0.39, 0.29) is 65.8 Å². The summed E-state index contributed by atoms with van der Waals surface area (Å²) in [6, 6.07) is 9.86. The Labute approximate surface area is 252 Å². The van der Waals surface area contributed by atoms with Crippen LogP contribution >= 0.6 is 0 Å². The molecule has 11 nitrogen and oxygen atoms in total. The fourth-order valence-electron chi connectivity index (χ4n) is 5.77. The molecule has 0 radical (unpaired) electrons. The number of methoxy groups -OCH3 is 2. The van der Waals surface area contributed by atoms with E-state index in [2.05, 4.69) is 21.3 Å². The van der Waals surface area contributed by atoms with Gasteiger partial charge in [0, 0.05) is 48.4 Å². The maximum Gasteiger partial charge on any atom is 0.255 e. The van der Waals surface area contributed by atoms with Crippen molar-refractivity contribution in [3.8, 4) is 11.5 Å². The summed E-state index contributed by atoms with van der Waals surface area (Å²) in [7, 11) is 2.89. The van der Waals surface area contributed by atoms with E-state index in [4.69, 9.17) is 15.2 Å². The molecule has 0 aliphatic heterocycles. The summed E-state index contributed by atoms with van der Waals surface area (Å²) in [5.41, 5.74) is 6.87. The normalized spacial score (nSPS) is 18.7. The Balaban J connectivity index is 1.31. The van der Waals surface area contributed by atoms with E-state index in [1.165, 1.54) is 32.8 Å². The van der Waals surface area contributed by atoms with Gasteiger partial charge in [0.2, 0.25) is 0 Å². The van der Waals surface area contributed by atoms with Crippen LogP contribution < -0.4 is 36.5 Å². The summed E-state index contributed by atoms with van der Waals surface area (Å²) in [5.74, 6) is -0.540. The van der Waals surface area contributed by atoms with Crippen LogP contribution in [0.5, 0.6) is 11.5 Å². The lowest BCUT2D eigenvalue weighted by molar-refractivity contribution is 0.0888. The van der Waals surface area contributed by atoms with Crippen LogP contribution in [0.4, 0.5) is 0 Å². The monoisotopic (exact) mass is 593 g/mol. The van der Waals surface area contributed by atoms with Crippen molar-refractivity contribution >= 4 is 23.6 Å². The molecular weight excluding hydrogens is 550 g/mol. The standard InChI is InChI=1S/C32H43N5O6/c1-42-27-19-28(43-2)26(18-25(27)31(40)34-16-15-33)32(41)37-24-13-11-23(12-14-24)36-30(39)21-8-6-7-20(17-21)29(38)35-22-9-4-3-5-10-22/h6-8,17-19,22-24H,3-5,9-16,33H2,1-2H3,(H,34,40)(H,35,38)(H,36,39)(H,37,41). The molecular formula is C32H43N5O6. The van der Waals surface area contributed by atoms with E-state index in [9.17, 15) is 19.2 Å². The van der Waals surface area contributed by atoms with Crippen LogP contribution in [0.2, 0.25) is 0 Å². The van der Waals surface area contributed by atoms with Gasteiger partial charge in [0.25, 0.3) is 23.6 Å². The number of carbonyl (C=O) groups excluding carboxylic acids is 4. The fourth-order valence-corrected chi connectivity index (χ4v) is 5.77. The molecule has 0 atom stereocenters. The van der Waals surface area contributed by atoms with E-state index < -0.39 is 5.91 Å². The molecule has 11 heteroatoms. The van der Waals surface area contributed by atoms with Crippen LogP contribution in [-0.2, 0) is 0 Å². The molecule has 0 unspecified atom stereocenters. The highest BCUT2D eigenvalue weighted by Crippen LogP contribution is 2.30. The topological polar surface area (TPSA) is 161 Å². The summed E-state index contributed by atoms with van der Waals surface area (Å²) in [6.07, 6.45) is 8.17. The van der Waals surface area contributed by atoms with E-state index >= 15 is 0 Å². The number of amides is 4. The van der Waals surface area contributed by atoms with Crippen LogP contribution in [0.3, 0.4) is 0 Å². The molecule has 2 saturated carbocycles. The average Bonchev–Trinajstić information content (AvgIpc) is 3.04. The van der Waals surface area contributed by atoms with Crippen molar-refractivity contribution < 1.29 is 28.7 Å². The number of nitrogens with two attached hydrogens (primary N) is 1. The maximum absolute atomic E-state index is 13.3. The second kappa shape index (κ2) is 15.4. The average molecular weight is 594 g/mol. The lowest BCUT2D eigenvalue weighted by atomic mass is 9.90. The predicted octanol–water partition coefficient (Wildman–Crippen LogP) is 2.93. The quantitative estimate of drug-likeness (QED) is 0.268. The van der Waals surface area contributed by atoms with Gasteiger partial charge in [-0.3, -0.25) is 19.2 Å². The third-order valence-corrected chi connectivity index (χ3v) is 8.17. The smallest absolute Gasteiger partial charge is 0.255 e.